The zero-order valence-corrected chi connectivity index (χ0v) is 19.2. The van der Waals surface area contributed by atoms with Gasteiger partial charge in [0.25, 0.3) is 0 Å². The van der Waals surface area contributed by atoms with Crippen LogP contribution in [0.1, 0.15) is 45.6 Å². The molecule has 5 rings (SSSR count). The number of aryl methyl sites for hydroxylation is 1. The summed E-state index contributed by atoms with van der Waals surface area (Å²) in [5, 5.41) is 16.0. The predicted molar refractivity (Wildman–Crippen MR) is 121 cm³/mol. The number of nitrogens with zero attached hydrogens (tertiary/aromatic N) is 7. The zero-order valence-electron chi connectivity index (χ0n) is 18.4. The van der Waals surface area contributed by atoms with Crippen molar-refractivity contribution in [2.24, 2.45) is 13.0 Å². The van der Waals surface area contributed by atoms with E-state index in [4.69, 9.17) is 11.6 Å². The lowest BCUT2D eigenvalue weighted by molar-refractivity contribution is -0.120. The Labute approximate surface area is 191 Å². The first-order valence-corrected chi connectivity index (χ1v) is 11.4. The number of rotatable bonds is 5. The van der Waals surface area contributed by atoms with Gasteiger partial charge < -0.3 is 14.8 Å². The lowest BCUT2D eigenvalue weighted by atomic mass is 9.60. The van der Waals surface area contributed by atoms with Crippen LogP contribution in [0.25, 0.3) is 11.4 Å². The third-order valence-corrected chi connectivity index (χ3v) is 7.22. The second kappa shape index (κ2) is 7.88. The number of halogens is 1. The van der Waals surface area contributed by atoms with E-state index in [1.165, 1.54) is 0 Å². The average molecular weight is 455 g/mol. The van der Waals surface area contributed by atoms with Gasteiger partial charge in [-0.2, -0.15) is 5.10 Å². The number of hydrogen-bond donors (Lipinski definition) is 1. The summed E-state index contributed by atoms with van der Waals surface area (Å²) < 4.78 is 3.68. The van der Waals surface area contributed by atoms with Crippen LogP contribution in [-0.4, -0.2) is 52.0 Å². The maximum absolute atomic E-state index is 13.6. The van der Waals surface area contributed by atoms with Crippen molar-refractivity contribution in [1.82, 2.24) is 34.4 Å². The summed E-state index contributed by atoms with van der Waals surface area (Å²) in [6.07, 6.45) is 9.05. The van der Waals surface area contributed by atoms with Crippen molar-refractivity contribution in [1.29, 1.82) is 0 Å². The highest BCUT2D eigenvalue weighted by molar-refractivity contribution is 6.33. The Kier molecular flexibility index (Phi) is 5.16. The smallest absolute Gasteiger partial charge is 0.315 e. The van der Waals surface area contributed by atoms with Crippen molar-refractivity contribution >= 4 is 23.3 Å². The van der Waals surface area contributed by atoms with E-state index in [-0.39, 0.29) is 23.7 Å². The first-order valence-electron chi connectivity index (χ1n) is 11.0. The third kappa shape index (κ3) is 3.35. The van der Waals surface area contributed by atoms with Gasteiger partial charge in [0.1, 0.15) is 19.0 Å². The summed E-state index contributed by atoms with van der Waals surface area (Å²) in [5.41, 5.74) is 1.13. The molecule has 0 spiro atoms. The van der Waals surface area contributed by atoms with Gasteiger partial charge in [0.2, 0.25) is 0 Å². The minimum atomic E-state index is -0.235. The minimum Gasteiger partial charge on any atom is -0.315 e. The van der Waals surface area contributed by atoms with E-state index >= 15 is 0 Å². The standard InChI is InChI=1S/C22H27ClN8O/c1-4-19(30-12-25-26-13-30)22-9-14(2)7-16(10-22)31(22)21(32)27-15-5-6-18(23)17(8-15)20-24-11-29(3)28-20/h5-6,8,11-14,16,19H,4,7,9-10H2,1-3H3,(H,27,32)/t14-,16?,19-,22?/m0/s1. The lowest BCUT2D eigenvalue weighted by Crippen LogP contribution is -2.74. The summed E-state index contributed by atoms with van der Waals surface area (Å²) in [5.74, 6) is 1.10. The fraction of sp³-hybridized carbons (Fsp3) is 0.500. The molecular weight excluding hydrogens is 428 g/mol. The molecular formula is C22H27ClN8O. The van der Waals surface area contributed by atoms with Crippen molar-refractivity contribution in [3.05, 3.63) is 42.2 Å². The van der Waals surface area contributed by atoms with Crippen LogP contribution in [0.5, 0.6) is 0 Å². The number of anilines is 1. The van der Waals surface area contributed by atoms with E-state index in [0.717, 1.165) is 25.7 Å². The molecule has 2 aromatic heterocycles. The topological polar surface area (TPSA) is 93.8 Å². The Hall–Kier alpha value is -2.94. The monoisotopic (exact) mass is 454 g/mol. The third-order valence-electron chi connectivity index (χ3n) is 6.89. The number of likely N-dealkylation sites (tertiary alicyclic amines) is 1. The Morgan fingerprint density at radius 3 is 2.75 bits per heavy atom. The van der Waals surface area contributed by atoms with Crippen LogP contribution < -0.4 is 5.32 Å². The molecule has 9 nitrogen and oxygen atoms in total. The quantitative estimate of drug-likeness (QED) is 0.624. The van der Waals surface area contributed by atoms with Gasteiger partial charge in [-0.15, -0.1) is 10.2 Å². The molecule has 2 amide bonds. The fourth-order valence-electron chi connectivity index (χ4n) is 5.83. The molecule has 2 fully saturated rings. The van der Waals surface area contributed by atoms with E-state index in [0.29, 0.717) is 28.0 Å². The number of hydrogen-bond acceptors (Lipinski definition) is 5. The molecule has 1 aromatic carbocycles. The van der Waals surface area contributed by atoms with Gasteiger partial charge in [-0.3, -0.25) is 4.68 Å². The van der Waals surface area contributed by atoms with Gasteiger partial charge in [0, 0.05) is 24.3 Å². The number of piperidine rings is 1. The Balaban J connectivity index is 1.43. The molecule has 2 unspecified atom stereocenters. The zero-order chi connectivity index (χ0) is 22.5. The predicted octanol–water partition coefficient (Wildman–Crippen LogP) is 4.15. The van der Waals surface area contributed by atoms with Crippen LogP contribution >= 0.6 is 11.6 Å². The van der Waals surface area contributed by atoms with Crippen LogP contribution in [0.2, 0.25) is 5.02 Å². The molecule has 1 saturated carbocycles. The van der Waals surface area contributed by atoms with Crippen LogP contribution in [0.4, 0.5) is 10.5 Å². The number of amides is 2. The van der Waals surface area contributed by atoms with Crippen molar-refractivity contribution in [2.45, 2.75) is 57.2 Å². The molecule has 3 heterocycles. The lowest BCUT2D eigenvalue weighted by Gasteiger charge is -2.66. The van der Waals surface area contributed by atoms with Crippen molar-refractivity contribution in [3.63, 3.8) is 0 Å². The van der Waals surface area contributed by atoms with Gasteiger partial charge in [0.15, 0.2) is 5.82 Å². The summed E-state index contributed by atoms with van der Waals surface area (Å²) >= 11 is 6.38. The molecule has 2 bridgehead atoms. The Bertz CT molecular complexity index is 1130. The summed E-state index contributed by atoms with van der Waals surface area (Å²) in [7, 11) is 1.80. The highest BCUT2D eigenvalue weighted by atomic mass is 35.5. The van der Waals surface area contributed by atoms with Gasteiger partial charge in [-0.05, 0) is 49.8 Å². The van der Waals surface area contributed by atoms with Crippen molar-refractivity contribution in [2.75, 3.05) is 5.32 Å². The number of benzene rings is 1. The van der Waals surface area contributed by atoms with Gasteiger partial charge in [-0.1, -0.05) is 25.4 Å². The highest BCUT2D eigenvalue weighted by Gasteiger charge is 2.61. The molecule has 10 heteroatoms. The normalized spacial score (nSPS) is 25.3. The first kappa shape index (κ1) is 20.9. The van der Waals surface area contributed by atoms with Crippen molar-refractivity contribution < 1.29 is 4.79 Å². The Morgan fingerprint density at radius 1 is 1.28 bits per heavy atom. The average Bonchev–Trinajstić information content (AvgIpc) is 3.41. The van der Waals surface area contributed by atoms with Gasteiger partial charge in [-0.25, -0.2) is 9.78 Å². The molecule has 1 aliphatic carbocycles. The van der Waals surface area contributed by atoms with Gasteiger partial charge in [0.05, 0.1) is 16.6 Å². The molecule has 0 radical (unpaired) electrons. The van der Waals surface area contributed by atoms with Crippen LogP contribution in [0, 0.1) is 5.92 Å². The maximum atomic E-state index is 13.6. The largest absolute Gasteiger partial charge is 0.322 e. The first-order chi connectivity index (χ1) is 15.4. The van der Waals surface area contributed by atoms with E-state index in [1.54, 1.807) is 36.8 Å². The molecule has 4 atom stereocenters. The van der Waals surface area contributed by atoms with Crippen LogP contribution in [0.15, 0.2) is 37.2 Å². The maximum Gasteiger partial charge on any atom is 0.322 e. The SMILES string of the molecule is CC[C@H](n1cnnc1)C12CC(C[C@H](C)C1)N2C(=O)Nc1ccc(Cl)c(-c2ncn(C)n2)c1. The second-order valence-electron chi connectivity index (χ2n) is 9.08. The number of aromatic nitrogens is 6. The molecule has 2 aliphatic rings. The summed E-state index contributed by atoms with van der Waals surface area (Å²) in [6.45, 7) is 4.44. The van der Waals surface area contributed by atoms with E-state index in [9.17, 15) is 4.79 Å². The number of urea groups is 1. The number of nitrogens with one attached hydrogen (secondary N) is 1. The van der Waals surface area contributed by atoms with Crippen molar-refractivity contribution in [3.8, 4) is 11.4 Å². The number of carbonyl (C=O) groups is 1. The fourth-order valence-corrected chi connectivity index (χ4v) is 6.03. The van der Waals surface area contributed by atoms with E-state index < -0.39 is 0 Å². The molecule has 32 heavy (non-hydrogen) atoms. The second-order valence-corrected chi connectivity index (χ2v) is 9.48. The van der Waals surface area contributed by atoms with Crippen LogP contribution in [0.3, 0.4) is 0 Å². The number of carbonyl (C=O) groups excluding carboxylic acids is 1. The molecule has 1 N–H and O–H groups in total. The molecule has 3 aromatic rings. The number of fused-ring (bicyclic) bond motifs is 2. The van der Waals surface area contributed by atoms with E-state index in [2.05, 4.69) is 48.9 Å². The van der Waals surface area contributed by atoms with Crippen LogP contribution in [-0.2, 0) is 7.05 Å². The van der Waals surface area contributed by atoms with E-state index in [1.807, 2.05) is 12.1 Å². The summed E-state index contributed by atoms with van der Waals surface area (Å²) in [4.78, 5) is 19.9. The molecule has 168 valence electrons. The van der Waals surface area contributed by atoms with Gasteiger partial charge >= 0.3 is 6.03 Å². The highest BCUT2D eigenvalue weighted by Crippen LogP contribution is 2.56. The minimum absolute atomic E-state index is 0.0815. The Morgan fingerprint density at radius 2 is 2.06 bits per heavy atom. The molecule has 1 aliphatic heterocycles. The molecule has 1 saturated heterocycles. The summed E-state index contributed by atoms with van der Waals surface area (Å²) in [6, 6.07) is 5.71.